The van der Waals surface area contributed by atoms with E-state index in [2.05, 4.69) is 34.7 Å². The fourth-order valence-corrected chi connectivity index (χ4v) is 4.23. The summed E-state index contributed by atoms with van der Waals surface area (Å²) >= 11 is 8.23. The highest BCUT2D eigenvalue weighted by atomic mass is 35.5. The number of aryl methyl sites for hydroxylation is 1. The molecule has 0 N–H and O–H groups in total. The van der Waals surface area contributed by atoms with Crippen molar-refractivity contribution in [2.45, 2.75) is 17.8 Å². The van der Waals surface area contributed by atoms with Crippen molar-refractivity contribution in [1.29, 1.82) is 0 Å². The number of fused-ring (bicyclic) bond motifs is 1. The number of imidazole rings is 1. The Hall–Kier alpha value is -2.30. The van der Waals surface area contributed by atoms with Gasteiger partial charge in [-0.15, -0.1) is 0 Å². The van der Waals surface area contributed by atoms with Gasteiger partial charge in [0, 0.05) is 18.2 Å². The fraction of sp³-hybridized carbons (Fsp3) is 0.143. The Bertz CT molecular complexity index is 1070. The van der Waals surface area contributed by atoms with Crippen molar-refractivity contribution in [1.82, 2.24) is 14.5 Å². The Labute approximate surface area is 162 Å². The van der Waals surface area contributed by atoms with Crippen LogP contribution in [-0.2, 0) is 12.8 Å². The average Bonchev–Trinajstić information content (AvgIpc) is 3.05. The number of para-hydroxylation sites is 1. The molecule has 3 nitrogen and oxygen atoms in total. The first-order valence-electron chi connectivity index (χ1n) is 8.39. The third-order valence-corrected chi connectivity index (χ3v) is 6.06. The number of hydrogen-bond donors (Lipinski definition) is 0. The normalized spacial score (nSPS) is 11.2. The minimum absolute atomic E-state index is 0.684. The molecular formula is C21H18ClN3S. The maximum Gasteiger partial charge on any atom is 0.168 e. The van der Waals surface area contributed by atoms with Crippen molar-refractivity contribution >= 4 is 34.3 Å². The molecule has 130 valence electrons. The van der Waals surface area contributed by atoms with Gasteiger partial charge in [0.15, 0.2) is 5.16 Å². The molecular weight excluding hydrogens is 362 g/mol. The monoisotopic (exact) mass is 379 g/mol. The van der Waals surface area contributed by atoms with E-state index >= 15 is 0 Å². The van der Waals surface area contributed by atoms with Gasteiger partial charge >= 0.3 is 0 Å². The first kappa shape index (κ1) is 17.1. The van der Waals surface area contributed by atoms with E-state index in [1.165, 1.54) is 0 Å². The molecule has 0 bridgehead atoms. The van der Waals surface area contributed by atoms with Crippen molar-refractivity contribution in [2.75, 3.05) is 0 Å². The van der Waals surface area contributed by atoms with Gasteiger partial charge in [-0.2, -0.15) is 0 Å². The molecule has 0 aliphatic rings. The zero-order valence-corrected chi connectivity index (χ0v) is 16.2. The van der Waals surface area contributed by atoms with Gasteiger partial charge in [0.05, 0.1) is 28.1 Å². The molecule has 0 aliphatic heterocycles. The van der Waals surface area contributed by atoms with Crippen molar-refractivity contribution < 1.29 is 0 Å². The number of pyridine rings is 1. The number of rotatable bonds is 4. The molecule has 2 aromatic heterocycles. The number of thioether (sulfide) groups is 1. The molecule has 4 rings (SSSR count). The van der Waals surface area contributed by atoms with Crippen LogP contribution in [0.3, 0.4) is 0 Å². The lowest BCUT2D eigenvalue weighted by Crippen LogP contribution is -1.97. The van der Waals surface area contributed by atoms with Gasteiger partial charge in [-0.3, -0.25) is 4.98 Å². The Morgan fingerprint density at radius 2 is 1.77 bits per heavy atom. The molecule has 0 aliphatic carbocycles. The molecule has 2 heterocycles. The predicted molar refractivity (Wildman–Crippen MR) is 110 cm³/mol. The summed E-state index contributed by atoms with van der Waals surface area (Å²) in [6, 6.07) is 18.4. The van der Waals surface area contributed by atoms with Crippen LogP contribution in [-0.4, -0.2) is 14.5 Å². The standard InChI is InChI=1S/C21H18ClN3S/c1-14-16-10-6-7-11-17(16)24-18(20(14)22)13-26-21-23-12-19(25(21)2)15-8-4-3-5-9-15/h3-12H,13H2,1-2H3. The van der Waals surface area contributed by atoms with E-state index in [1.807, 2.05) is 49.6 Å². The molecule has 4 aromatic rings. The Balaban J connectivity index is 1.61. The molecule has 0 saturated carbocycles. The van der Waals surface area contributed by atoms with Crippen LogP contribution >= 0.6 is 23.4 Å². The van der Waals surface area contributed by atoms with Crippen LogP contribution in [0.15, 0.2) is 66.0 Å². The second-order valence-corrected chi connectivity index (χ2v) is 7.47. The molecule has 0 amide bonds. The number of halogens is 1. The van der Waals surface area contributed by atoms with E-state index in [9.17, 15) is 0 Å². The zero-order chi connectivity index (χ0) is 18.1. The van der Waals surface area contributed by atoms with Gasteiger partial charge in [-0.25, -0.2) is 4.98 Å². The highest BCUT2D eigenvalue weighted by Gasteiger charge is 2.13. The van der Waals surface area contributed by atoms with Gasteiger partial charge in [0.1, 0.15) is 0 Å². The summed E-state index contributed by atoms with van der Waals surface area (Å²) < 4.78 is 2.11. The Morgan fingerprint density at radius 3 is 2.58 bits per heavy atom. The van der Waals surface area contributed by atoms with Gasteiger partial charge < -0.3 is 4.57 Å². The summed E-state index contributed by atoms with van der Waals surface area (Å²) in [5, 5.41) is 2.80. The lowest BCUT2D eigenvalue weighted by molar-refractivity contribution is 0.796. The molecule has 0 spiro atoms. The number of aromatic nitrogens is 3. The highest BCUT2D eigenvalue weighted by molar-refractivity contribution is 7.98. The first-order valence-corrected chi connectivity index (χ1v) is 9.75. The molecule has 0 unspecified atom stereocenters. The third kappa shape index (κ3) is 3.11. The molecule has 0 radical (unpaired) electrons. The molecule has 2 aromatic carbocycles. The van der Waals surface area contributed by atoms with E-state index in [0.717, 1.165) is 43.6 Å². The maximum absolute atomic E-state index is 6.58. The lowest BCUT2D eigenvalue weighted by Gasteiger charge is -2.10. The summed E-state index contributed by atoms with van der Waals surface area (Å²) in [4.78, 5) is 9.33. The molecule has 0 fully saturated rings. The van der Waals surface area contributed by atoms with Crippen LogP contribution in [0.5, 0.6) is 0 Å². The molecule has 0 saturated heterocycles. The smallest absolute Gasteiger partial charge is 0.168 e. The van der Waals surface area contributed by atoms with E-state index < -0.39 is 0 Å². The minimum atomic E-state index is 0.684. The van der Waals surface area contributed by atoms with Crippen molar-refractivity contribution in [3.63, 3.8) is 0 Å². The summed E-state index contributed by atoms with van der Waals surface area (Å²) in [5.41, 5.74) is 5.22. The zero-order valence-electron chi connectivity index (χ0n) is 14.6. The van der Waals surface area contributed by atoms with Crippen molar-refractivity contribution in [3.8, 4) is 11.3 Å². The van der Waals surface area contributed by atoms with Crippen LogP contribution < -0.4 is 0 Å². The topological polar surface area (TPSA) is 30.7 Å². The van der Waals surface area contributed by atoms with E-state index in [4.69, 9.17) is 16.6 Å². The maximum atomic E-state index is 6.58. The largest absolute Gasteiger partial charge is 0.322 e. The second kappa shape index (κ2) is 7.14. The molecule has 26 heavy (non-hydrogen) atoms. The van der Waals surface area contributed by atoms with Crippen LogP contribution in [0.2, 0.25) is 5.02 Å². The third-order valence-electron chi connectivity index (χ3n) is 4.50. The van der Waals surface area contributed by atoms with Gasteiger partial charge in [0.25, 0.3) is 0 Å². The van der Waals surface area contributed by atoms with Crippen LogP contribution in [0, 0.1) is 6.92 Å². The highest BCUT2D eigenvalue weighted by Crippen LogP contribution is 2.32. The van der Waals surface area contributed by atoms with E-state index in [-0.39, 0.29) is 0 Å². The molecule has 0 atom stereocenters. The average molecular weight is 380 g/mol. The van der Waals surface area contributed by atoms with Gasteiger partial charge in [0.2, 0.25) is 0 Å². The van der Waals surface area contributed by atoms with Crippen LogP contribution in [0.1, 0.15) is 11.3 Å². The summed E-state index contributed by atoms with van der Waals surface area (Å²) in [5.74, 6) is 0.684. The summed E-state index contributed by atoms with van der Waals surface area (Å²) in [7, 11) is 2.04. The quantitative estimate of drug-likeness (QED) is 0.414. The van der Waals surface area contributed by atoms with Gasteiger partial charge in [-0.1, -0.05) is 71.9 Å². The minimum Gasteiger partial charge on any atom is -0.322 e. The SMILES string of the molecule is Cc1c(Cl)c(CSc2ncc(-c3ccccc3)n2C)nc2ccccc12. The summed E-state index contributed by atoms with van der Waals surface area (Å²) in [6.45, 7) is 2.05. The van der Waals surface area contributed by atoms with E-state index in [1.54, 1.807) is 11.8 Å². The van der Waals surface area contributed by atoms with Crippen molar-refractivity contribution in [2.24, 2.45) is 7.05 Å². The first-order chi connectivity index (χ1) is 12.6. The Morgan fingerprint density at radius 1 is 1.04 bits per heavy atom. The fourth-order valence-electron chi connectivity index (χ4n) is 3.05. The summed E-state index contributed by atoms with van der Waals surface area (Å²) in [6.07, 6.45) is 1.92. The van der Waals surface area contributed by atoms with E-state index in [0.29, 0.717) is 5.75 Å². The number of benzene rings is 2. The lowest BCUT2D eigenvalue weighted by atomic mass is 10.1. The Kier molecular flexibility index (Phi) is 4.70. The second-order valence-electron chi connectivity index (χ2n) is 6.15. The van der Waals surface area contributed by atoms with Crippen LogP contribution in [0.4, 0.5) is 0 Å². The number of hydrogen-bond acceptors (Lipinski definition) is 3. The van der Waals surface area contributed by atoms with Crippen molar-refractivity contribution in [3.05, 3.63) is 77.1 Å². The van der Waals surface area contributed by atoms with Crippen LogP contribution in [0.25, 0.3) is 22.2 Å². The molecule has 5 heteroatoms. The number of nitrogens with zero attached hydrogens (tertiary/aromatic N) is 3. The van der Waals surface area contributed by atoms with Gasteiger partial charge in [-0.05, 0) is 24.1 Å². The predicted octanol–water partition coefficient (Wildman–Crippen LogP) is 5.89.